The van der Waals surface area contributed by atoms with Crippen LogP contribution in [0.3, 0.4) is 0 Å². The zero-order valence-electron chi connectivity index (χ0n) is 20.1. The average Bonchev–Trinajstić information content (AvgIpc) is 3.38. The molecule has 0 spiro atoms. The molecule has 36 heavy (non-hydrogen) atoms. The van der Waals surface area contributed by atoms with Gasteiger partial charge >= 0.3 is 5.97 Å². The molecule has 0 atom stereocenters. The molecule has 6 heteroatoms. The highest BCUT2D eigenvalue weighted by Crippen LogP contribution is 2.41. The summed E-state index contributed by atoms with van der Waals surface area (Å²) in [7, 11) is 0. The minimum atomic E-state index is -0.580. The zero-order chi connectivity index (χ0) is 25.1. The van der Waals surface area contributed by atoms with Gasteiger partial charge < -0.3 is 14.4 Å². The number of aromatic nitrogens is 1. The molecule has 2 heterocycles. The molecule has 180 valence electrons. The van der Waals surface area contributed by atoms with E-state index in [9.17, 15) is 9.90 Å². The fourth-order valence-corrected chi connectivity index (χ4v) is 5.20. The second kappa shape index (κ2) is 10.3. The Bertz CT molecular complexity index is 1510. The molecule has 4 aromatic rings. The normalized spacial score (nSPS) is 15.8. The highest BCUT2D eigenvalue weighted by Gasteiger charge is 2.33. The number of ether oxygens (including phenoxy) is 1. The predicted octanol–water partition coefficient (Wildman–Crippen LogP) is 7.19. The maximum absolute atomic E-state index is 12.8. The summed E-state index contributed by atoms with van der Waals surface area (Å²) in [5.74, 6) is -0.688. The van der Waals surface area contributed by atoms with Gasteiger partial charge in [-0.15, -0.1) is 0 Å². The number of nitrogens with zero attached hydrogens (tertiary/aromatic N) is 2. The Kier molecular flexibility index (Phi) is 6.78. The number of carbonyl (C=O) groups excluding carboxylic acids is 1. The number of benzene rings is 3. The van der Waals surface area contributed by atoms with E-state index >= 15 is 0 Å². The van der Waals surface area contributed by atoms with Crippen molar-refractivity contribution in [1.29, 1.82) is 0 Å². The monoisotopic (exact) mass is 494 g/mol. The number of rotatable bonds is 6. The summed E-state index contributed by atoms with van der Waals surface area (Å²) in [6.07, 6.45) is 4.00. The number of fused-ring (bicyclic) bond motifs is 1. The minimum absolute atomic E-state index is 0.0988. The SMILES string of the molecule is CCOC(=O)C1=C(O)/C(=C\c2cn(Cc3ccccc3)c3ccccc23)SC1=Nc1ccc(C)cc1. The van der Waals surface area contributed by atoms with Gasteiger partial charge in [0.25, 0.3) is 0 Å². The van der Waals surface area contributed by atoms with E-state index in [1.807, 2.05) is 67.6 Å². The number of hydrogen-bond acceptors (Lipinski definition) is 5. The Morgan fingerprint density at radius 2 is 1.75 bits per heavy atom. The summed E-state index contributed by atoms with van der Waals surface area (Å²) >= 11 is 1.27. The van der Waals surface area contributed by atoms with Gasteiger partial charge in [-0.2, -0.15) is 0 Å². The van der Waals surface area contributed by atoms with Crippen molar-refractivity contribution in [1.82, 2.24) is 4.57 Å². The van der Waals surface area contributed by atoms with E-state index in [1.54, 1.807) is 6.92 Å². The molecule has 1 aliphatic heterocycles. The van der Waals surface area contributed by atoms with Crippen LogP contribution in [0.1, 0.15) is 23.6 Å². The van der Waals surface area contributed by atoms with Gasteiger partial charge in [-0.25, -0.2) is 9.79 Å². The summed E-state index contributed by atoms with van der Waals surface area (Å²) in [6.45, 7) is 4.69. The number of aliphatic hydroxyl groups excluding tert-OH is 1. The first-order chi connectivity index (χ1) is 17.5. The van der Waals surface area contributed by atoms with Gasteiger partial charge in [0.1, 0.15) is 16.4 Å². The first-order valence-electron chi connectivity index (χ1n) is 11.8. The number of aliphatic imine (C=N–C) groups is 1. The van der Waals surface area contributed by atoms with Gasteiger partial charge in [0.2, 0.25) is 0 Å². The van der Waals surface area contributed by atoms with Gasteiger partial charge in [0.05, 0.1) is 17.2 Å². The molecule has 1 aliphatic rings. The third kappa shape index (κ3) is 4.86. The van der Waals surface area contributed by atoms with Crippen molar-refractivity contribution < 1.29 is 14.6 Å². The topological polar surface area (TPSA) is 63.8 Å². The molecule has 0 aliphatic carbocycles. The molecule has 0 unspecified atom stereocenters. The van der Waals surface area contributed by atoms with Crippen LogP contribution in [-0.4, -0.2) is 27.3 Å². The van der Waals surface area contributed by atoms with E-state index in [2.05, 4.69) is 40.0 Å². The van der Waals surface area contributed by atoms with E-state index in [4.69, 9.17) is 4.74 Å². The first-order valence-corrected chi connectivity index (χ1v) is 12.6. The Morgan fingerprint density at radius 3 is 2.50 bits per heavy atom. The van der Waals surface area contributed by atoms with Gasteiger partial charge in [0.15, 0.2) is 0 Å². The summed E-state index contributed by atoms with van der Waals surface area (Å²) in [5, 5.41) is 12.6. The molecular weight excluding hydrogens is 468 g/mol. The second-order valence-electron chi connectivity index (χ2n) is 8.52. The van der Waals surface area contributed by atoms with Gasteiger partial charge in [-0.3, -0.25) is 0 Å². The molecule has 0 radical (unpaired) electrons. The molecule has 0 amide bonds. The molecular formula is C30H26N2O3S. The van der Waals surface area contributed by atoms with E-state index in [-0.39, 0.29) is 17.9 Å². The molecule has 0 fully saturated rings. The number of aliphatic hydroxyl groups is 1. The third-order valence-electron chi connectivity index (χ3n) is 5.94. The van der Waals surface area contributed by atoms with Gasteiger partial charge in [-0.05, 0) is 43.7 Å². The number of esters is 1. The van der Waals surface area contributed by atoms with Crippen LogP contribution < -0.4 is 0 Å². The highest BCUT2D eigenvalue weighted by molar-refractivity contribution is 8.18. The lowest BCUT2D eigenvalue weighted by atomic mass is 10.1. The van der Waals surface area contributed by atoms with E-state index in [0.29, 0.717) is 15.6 Å². The third-order valence-corrected chi connectivity index (χ3v) is 6.96. The van der Waals surface area contributed by atoms with Crippen molar-refractivity contribution in [2.75, 3.05) is 6.61 Å². The Labute approximate surface area is 214 Å². The standard InChI is InChI=1S/C30H26N2O3S/c1-3-35-30(34)27-28(33)26(36-29(27)31-23-15-13-20(2)14-16-23)17-22-19-32(18-21-9-5-4-6-10-21)25-12-8-7-11-24(22)25/h4-17,19,33H,3,18H2,1-2H3/b26-17+,31-29?. The number of hydrogen-bond donors (Lipinski definition) is 1. The van der Waals surface area contributed by atoms with Gasteiger partial charge in [-0.1, -0.05) is 78.0 Å². The minimum Gasteiger partial charge on any atom is -0.506 e. The number of aryl methyl sites for hydroxylation is 1. The van der Waals surface area contributed by atoms with Crippen LogP contribution >= 0.6 is 11.8 Å². The van der Waals surface area contributed by atoms with Crippen LogP contribution in [0.25, 0.3) is 17.0 Å². The van der Waals surface area contributed by atoms with Crippen molar-refractivity contribution in [3.8, 4) is 0 Å². The maximum Gasteiger partial charge on any atom is 0.344 e. The van der Waals surface area contributed by atoms with Crippen molar-refractivity contribution >= 4 is 45.4 Å². The molecule has 0 saturated heterocycles. The lowest BCUT2D eigenvalue weighted by Gasteiger charge is -2.05. The Morgan fingerprint density at radius 1 is 1.03 bits per heavy atom. The summed E-state index contributed by atoms with van der Waals surface area (Å²) < 4.78 is 7.44. The van der Waals surface area contributed by atoms with E-state index < -0.39 is 5.97 Å². The molecule has 0 saturated carbocycles. The molecule has 5 nitrogen and oxygen atoms in total. The van der Waals surface area contributed by atoms with Crippen LogP contribution in [0.5, 0.6) is 0 Å². The van der Waals surface area contributed by atoms with Crippen molar-refractivity contribution in [2.24, 2.45) is 4.99 Å². The summed E-state index contributed by atoms with van der Waals surface area (Å²) in [4.78, 5) is 18.0. The summed E-state index contributed by atoms with van der Waals surface area (Å²) in [5.41, 5.74) is 5.18. The van der Waals surface area contributed by atoms with Crippen LogP contribution in [0.4, 0.5) is 5.69 Å². The van der Waals surface area contributed by atoms with Gasteiger partial charge in [0, 0.05) is 29.2 Å². The quantitative estimate of drug-likeness (QED) is 0.288. The van der Waals surface area contributed by atoms with Crippen LogP contribution in [-0.2, 0) is 16.1 Å². The van der Waals surface area contributed by atoms with E-state index in [1.165, 1.54) is 17.3 Å². The smallest absolute Gasteiger partial charge is 0.344 e. The molecule has 0 bridgehead atoms. The number of thioether (sulfide) groups is 1. The first kappa shape index (κ1) is 23.7. The Balaban J connectivity index is 1.57. The number of para-hydroxylation sites is 1. The predicted molar refractivity (Wildman–Crippen MR) is 148 cm³/mol. The summed E-state index contributed by atoms with van der Waals surface area (Å²) in [6, 6.07) is 26.2. The molecule has 1 N–H and O–H groups in total. The average molecular weight is 495 g/mol. The number of carbonyl (C=O) groups is 1. The second-order valence-corrected chi connectivity index (χ2v) is 9.55. The fourth-order valence-electron chi connectivity index (χ4n) is 4.17. The highest BCUT2D eigenvalue weighted by atomic mass is 32.2. The lowest BCUT2D eigenvalue weighted by molar-refractivity contribution is -0.138. The molecule has 1 aromatic heterocycles. The molecule has 3 aromatic carbocycles. The van der Waals surface area contributed by atoms with Crippen LogP contribution in [0.2, 0.25) is 0 Å². The largest absolute Gasteiger partial charge is 0.506 e. The van der Waals surface area contributed by atoms with Crippen molar-refractivity contribution in [2.45, 2.75) is 20.4 Å². The lowest BCUT2D eigenvalue weighted by Crippen LogP contribution is -2.12. The fraction of sp³-hybridized carbons (Fsp3) is 0.133. The zero-order valence-corrected chi connectivity index (χ0v) is 21.0. The van der Waals surface area contributed by atoms with Crippen molar-refractivity contribution in [3.05, 3.63) is 118 Å². The molecule has 5 rings (SSSR count). The van der Waals surface area contributed by atoms with Crippen molar-refractivity contribution in [3.63, 3.8) is 0 Å². The maximum atomic E-state index is 12.8. The van der Waals surface area contributed by atoms with E-state index in [0.717, 1.165) is 28.6 Å². The van der Waals surface area contributed by atoms with Crippen LogP contribution in [0, 0.1) is 6.92 Å². The van der Waals surface area contributed by atoms with Crippen LogP contribution in [0.15, 0.2) is 106 Å². The Hall–Kier alpha value is -4.03.